The molecule has 1 radical (unpaired) electrons. The number of para-hydroxylation sites is 1. The molecule has 0 amide bonds. The molecule has 0 saturated carbocycles. The Hall–Kier alpha value is -6.08. The van der Waals surface area contributed by atoms with Crippen molar-refractivity contribution in [3.05, 3.63) is 150 Å². The quantitative estimate of drug-likeness (QED) is 0.168. The molecule has 0 atom stereocenters. The smallest absolute Gasteiger partial charge is 0.238 e. The molecule has 9 rings (SSSR count). The van der Waals surface area contributed by atoms with E-state index >= 15 is 0 Å². The summed E-state index contributed by atoms with van der Waals surface area (Å²) in [5.41, 5.74) is 13.9. The van der Waals surface area contributed by atoms with Crippen LogP contribution < -0.4 is 0 Å². The SMILES string of the molecule is C[B]/C(=C\c1c(C)n(-c2nc(-c3ccccc3)nc(-c3ccccc3)n2)c2ccccc12)c1ccc2c(c1)C(C)(C)c1ccc3ncoc3c1-2. The van der Waals surface area contributed by atoms with Gasteiger partial charge in [0.25, 0.3) is 0 Å². The minimum absolute atomic E-state index is 0.182. The van der Waals surface area contributed by atoms with Crippen LogP contribution in [-0.4, -0.2) is 31.8 Å². The first kappa shape index (κ1) is 30.0. The summed E-state index contributed by atoms with van der Waals surface area (Å²) in [6, 6.07) is 39.8. The Morgan fingerprint density at radius 2 is 1.44 bits per heavy atom. The molecule has 0 fully saturated rings. The topological polar surface area (TPSA) is 69.6 Å². The number of fused-ring (bicyclic) bond motifs is 6. The van der Waals surface area contributed by atoms with Crippen LogP contribution in [0.2, 0.25) is 6.82 Å². The van der Waals surface area contributed by atoms with E-state index in [0.29, 0.717) is 17.6 Å². The highest BCUT2D eigenvalue weighted by Crippen LogP contribution is 2.51. The number of nitrogens with zero attached hydrogens (tertiary/aromatic N) is 5. The number of benzene rings is 5. The Kier molecular flexibility index (Phi) is 6.92. The third-order valence-corrected chi connectivity index (χ3v) is 10.1. The molecule has 3 heterocycles. The molecule has 0 unspecified atom stereocenters. The second-order valence-corrected chi connectivity index (χ2v) is 13.3. The van der Waals surface area contributed by atoms with Crippen LogP contribution in [0, 0.1) is 6.92 Å². The number of hydrogen-bond acceptors (Lipinski definition) is 5. The molecule has 1 aliphatic carbocycles. The van der Waals surface area contributed by atoms with E-state index in [1.807, 2.05) is 60.7 Å². The Labute approximate surface area is 291 Å². The molecule has 0 N–H and O–H groups in total. The third kappa shape index (κ3) is 4.65. The van der Waals surface area contributed by atoms with Gasteiger partial charge in [0.05, 0.1) is 5.52 Å². The van der Waals surface area contributed by atoms with Gasteiger partial charge in [-0.2, -0.15) is 9.97 Å². The summed E-state index contributed by atoms with van der Waals surface area (Å²) in [7, 11) is 2.20. The van der Waals surface area contributed by atoms with Gasteiger partial charge in [0.2, 0.25) is 5.95 Å². The number of rotatable bonds is 6. The van der Waals surface area contributed by atoms with Gasteiger partial charge in [-0.25, -0.2) is 9.97 Å². The molecular weight excluding hydrogens is 613 g/mol. The molecule has 239 valence electrons. The average Bonchev–Trinajstić information content (AvgIpc) is 3.81. The van der Waals surface area contributed by atoms with Crippen LogP contribution in [0.25, 0.3) is 73.4 Å². The zero-order chi connectivity index (χ0) is 34.0. The summed E-state index contributed by atoms with van der Waals surface area (Å²) in [6.07, 6.45) is 3.84. The minimum atomic E-state index is -0.182. The lowest BCUT2D eigenvalue weighted by atomic mass is 9.67. The van der Waals surface area contributed by atoms with Gasteiger partial charge < -0.3 is 4.42 Å². The van der Waals surface area contributed by atoms with E-state index in [4.69, 9.17) is 19.4 Å². The van der Waals surface area contributed by atoms with Gasteiger partial charge in [-0.05, 0) is 41.3 Å². The molecule has 5 aromatic carbocycles. The van der Waals surface area contributed by atoms with Gasteiger partial charge >= 0.3 is 0 Å². The minimum Gasteiger partial charge on any atom is -0.443 e. The van der Waals surface area contributed by atoms with Crippen molar-refractivity contribution in [3.8, 4) is 39.9 Å². The summed E-state index contributed by atoms with van der Waals surface area (Å²) in [4.78, 5) is 19.5. The molecule has 0 spiro atoms. The average molecular weight is 647 g/mol. The summed E-state index contributed by atoms with van der Waals surface area (Å²) in [5, 5.41) is 1.13. The molecule has 0 bridgehead atoms. The summed E-state index contributed by atoms with van der Waals surface area (Å²) >= 11 is 0. The molecule has 6 nitrogen and oxygen atoms in total. The summed E-state index contributed by atoms with van der Waals surface area (Å²) in [5.74, 6) is 1.86. The lowest BCUT2D eigenvalue weighted by molar-refractivity contribution is 0.601. The largest absolute Gasteiger partial charge is 0.443 e. The predicted octanol–water partition coefficient (Wildman–Crippen LogP) is 10.2. The first-order chi connectivity index (χ1) is 24.4. The van der Waals surface area contributed by atoms with Crippen molar-refractivity contribution in [2.75, 3.05) is 0 Å². The van der Waals surface area contributed by atoms with E-state index < -0.39 is 0 Å². The zero-order valence-electron chi connectivity index (χ0n) is 28.3. The van der Waals surface area contributed by atoms with Crippen molar-refractivity contribution in [3.63, 3.8) is 0 Å². The maximum atomic E-state index is 5.90. The van der Waals surface area contributed by atoms with Crippen LogP contribution >= 0.6 is 0 Å². The van der Waals surface area contributed by atoms with Gasteiger partial charge in [0.1, 0.15) is 12.8 Å². The van der Waals surface area contributed by atoms with Gasteiger partial charge in [-0.15, -0.1) is 0 Å². The van der Waals surface area contributed by atoms with Gasteiger partial charge in [-0.1, -0.05) is 135 Å². The number of oxazole rings is 1. The van der Waals surface area contributed by atoms with E-state index in [-0.39, 0.29) is 5.41 Å². The molecule has 50 heavy (non-hydrogen) atoms. The molecule has 0 aliphatic heterocycles. The Morgan fingerprint density at radius 3 is 2.14 bits per heavy atom. The van der Waals surface area contributed by atoms with Gasteiger partial charge in [0.15, 0.2) is 23.6 Å². The normalized spacial score (nSPS) is 13.5. The fourth-order valence-corrected chi connectivity index (χ4v) is 7.54. The molecule has 7 heteroatoms. The highest BCUT2D eigenvalue weighted by Gasteiger charge is 2.37. The van der Waals surface area contributed by atoms with Crippen LogP contribution in [0.5, 0.6) is 0 Å². The van der Waals surface area contributed by atoms with E-state index in [1.165, 1.54) is 23.1 Å². The summed E-state index contributed by atoms with van der Waals surface area (Å²) in [6.45, 7) is 8.85. The fraction of sp³-hybridized carbons (Fsp3) is 0.116. The first-order valence-electron chi connectivity index (χ1n) is 16.9. The zero-order valence-corrected chi connectivity index (χ0v) is 28.3. The van der Waals surface area contributed by atoms with Crippen LogP contribution in [0.4, 0.5) is 0 Å². The molecule has 1 aliphatic rings. The summed E-state index contributed by atoms with van der Waals surface area (Å²) < 4.78 is 8.07. The Bertz CT molecular complexity index is 2560. The monoisotopic (exact) mass is 646 g/mol. The highest BCUT2D eigenvalue weighted by atomic mass is 16.3. The maximum Gasteiger partial charge on any atom is 0.238 e. The number of aromatic nitrogens is 5. The Morgan fingerprint density at radius 1 is 0.760 bits per heavy atom. The first-order valence-corrected chi connectivity index (χ1v) is 16.9. The van der Waals surface area contributed by atoms with Crippen LogP contribution in [0.3, 0.4) is 0 Å². The maximum absolute atomic E-state index is 5.90. The lowest BCUT2D eigenvalue weighted by Crippen LogP contribution is -2.15. The van der Waals surface area contributed by atoms with Gasteiger partial charge in [-0.3, -0.25) is 4.57 Å². The van der Waals surface area contributed by atoms with Crippen LogP contribution in [0.15, 0.2) is 126 Å². The molecule has 3 aromatic heterocycles. The van der Waals surface area contributed by atoms with Crippen LogP contribution in [0.1, 0.15) is 41.8 Å². The fourth-order valence-electron chi connectivity index (χ4n) is 7.54. The van der Waals surface area contributed by atoms with Crippen molar-refractivity contribution in [1.82, 2.24) is 24.5 Å². The van der Waals surface area contributed by atoms with E-state index in [0.717, 1.165) is 61.0 Å². The van der Waals surface area contributed by atoms with Gasteiger partial charge in [0, 0.05) is 38.7 Å². The van der Waals surface area contributed by atoms with Crippen molar-refractivity contribution in [2.24, 2.45) is 0 Å². The Balaban J connectivity index is 1.21. The van der Waals surface area contributed by atoms with Crippen molar-refractivity contribution >= 4 is 40.8 Å². The third-order valence-electron chi connectivity index (χ3n) is 10.1. The van der Waals surface area contributed by atoms with E-state index in [2.05, 4.69) is 105 Å². The van der Waals surface area contributed by atoms with Crippen LogP contribution in [-0.2, 0) is 5.41 Å². The molecule has 0 saturated heterocycles. The van der Waals surface area contributed by atoms with E-state index in [1.54, 1.807) is 0 Å². The van der Waals surface area contributed by atoms with Crippen molar-refractivity contribution in [2.45, 2.75) is 33.0 Å². The second-order valence-electron chi connectivity index (χ2n) is 13.3. The standard InChI is InChI=1S/C43H33BN5O/c1-26-32(24-35(44-4)29-19-20-31-34(23-29)43(2,3)33-21-22-36-39(38(31)33)50-25-45-36)30-17-11-12-18-37(30)49(26)42-47-40(27-13-7-5-8-14-27)46-41(48-42)28-15-9-6-10-16-28/h5-25H,1-4H3/b35-24-. The van der Waals surface area contributed by atoms with E-state index in [9.17, 15) is 0 Å². The molecule has 8 aromatic rings. The predicted molar refractivity (Wildman–Crippen MR) is 203 cm³/mol. The highest BCUT2D eigenvalue weighted by molar-refractivity contribution is 6.61. The van der Waals surface area contributed by atoms with Crippen molar-refractivity contribution < 1.29 is 4.42 Å². The molecular formula is C43H33BN5O. The number of hydrogen-bond donors (Lipinski definition) is 0. The second kappa shape index (κ2) is 11.5. The van der Waals surface area contributed by atoms with Crippen molar-refractivity contribution in [1.29, 1.82) is 0 Å². The lowest BCUT2D eigenvalue weighted by Gasteiger charge is -2.22.